The number of H-pyrrole nitrogens is 1. The van der Waals surface area contributed by atoms with Gasteiger partial charge in [0.2, 0.25) is 0 Å². The van der Waals surface area contributed by atoms with Gasteiger partial charge in [0, 0.05) is 54.0 Å². The van der Waals surface area contributed by atoms with Gasteiger partial charge in [0.1, 0.15) is 11.6 Å². The van der Waals surface area contributed by atoms with E-state index >= 15 is 0 Å². The molecule has 1 atom stereocenters. The van der Waals surface area contributed by atoms with Crippen LogP contribution >= 0.6 is 0 Å². The summed E-state index contributed by atoms with van der Waals surface area (Å²) in [4.78, 5) is 6.84. The highest BCUT2D eigenvalue weighted by Gasteiger charge is 2.36. The number of benzene rings is 2. The molecule has 1 spiro atoms. The van der Waals surface area contributed by atoms with Gasteiger partial charge in [-0.3, -0.25) is 4.90 Å². The number of fused-ring (bicyclic) bond motifs is 3. The molecule has 2 aromatic carbocycles. The van der Waals surface area contributed by atoms with Crippen molar-refractivity contribution < 1.29 is 22.0 Å². The van der Waals surface area contributed by atoms with Crippen molar-refractivity contribution >= 4 is 16.6 Å². The molecular weight excluding hydrogens is 499 g/mol. The number of halogens is 5. The minimum atomic E-state index is -4.14. The number of hydrogen-bond acceptors (Lipinski definition) is 3. The Kier molecular flexibility index (Phi) is 7.69. The van der Waals surface area contributed by atoms with E-state index in [1.807, 2.05) is 31.2 Å². The molecule has 0 amide bonds. The van der Waals surface area contributed by atoms with Gasteiger partial charge in [0.15, 0.2) is 0 Å². The Morgan fingerprint density at radius 3 is 2.26 bits per heavy atom. The van der Waals surface area contributed by atoms with Crippen LogP contribution in [0.15, 0.2) is 42.5 Å². The highest BCUT2D eigenvalue weighted by atomic mass is 19.4. The Morgan fingerprint density at radius 1 is 0.947 bits per heavy atom. The van der Waals surface area contributed by atoms with E-state index in [1.54, 1.807) is 0 Å². The van der Waals surface area contributed by atoms with Gasteiger partial charge in [-0.15, -0.1) is 0 Å². The summed E-state index contributed by atoms with van der Waals surface area (Å²) in [7, 11) is 0. The molecule has 0 bridgehead atoms. The first-order chi connectivity index (χ1) is 18.1. The third-order valence-electron chi connectivity index (χ3n) is 8.47. The number of nitrogens with one attached hydrogen (secondary N) is 2. The molecule has 0 aliphatic carbocycles. The van der Waals surface area contributed by atoms with Crippen LogP contribution in [-0.4, -0.2) is 54.8 Å². The SMILES string of the molecule is CC1Cc2c([nH]c3ccccc23)CN1CC(F)(F)F.Fc1cc(F)cc(N2CCC3(CCNCC3)CC2)c1. The number of aromatic nitrogens is 1. The third-order valence-corrected chi connectivity index (χ3v) is 8.47. The second-order valence-corrected chi connectivity index (χ2v) is 11.1. The maximum Gasteiger partial charge on any atom is 0.401 e. The molecule has 2 N–H and O–H groups in total. The summed E-state index contributed by atoms with van der Waals surface area (Å²) in [6.45, 7) is 5.37. The fourth-order valence-corrected chi connectivity index (χ4v) is 6.27. The number of rotatable bonds is 2. The second kappa shape index (κ2) is 10.8. The fraction of sp³-hybridized carbons (Fsp3) is 0.517. The van der Waals surface area contributed by atoms with Gasteiger partial charge < -0.3 is 15.2 Å². The standard InChI is InChI=1S/C15H20F2N2.C14H15F3N2/c16-12-9-13(17)11-14(10-12)19-7-3-15(4-8-19)1-5-18-6-2-15;1-9-6-11-10-4-2-3-5-12(10)18-13(11)7-19(9)8-14(15,16)17/h9-11,18H,1-8H2;2-5,9,18H,6-8H2,1H3. The molecule has 38 heavy (non-hydrogen) atoms. The van der Waals surface area contributed by atoms with Crippen molar-refractivity contribution in [2.45, 2.75) is 57.8 Å². The Labute approximate surface area is 220 Å². The minimum absolute atomic E-state index is 0.0895. The summed E-state index contributed by atoms with van der Waals surface area (Å²) in [5, 5.41) is 4.54. The van der Waals surface area contributed by atoms with Gasteiger partial charge in [0.25, 0.3) is 0 Å². The molecule has 6 rings (SSSR count). The summed E-state index contributed by atoms with van der Waals surface area (Å²) < 4.78 is 64.1. The van der Waals surface area contributed by atoms with Crippen LogP contribution in [0.2, 0.25) is 0 Å². The van der Waals surface area contributed by atoms with E-state index in [-0.39, 0.29) is 6.04 Å². The van der Waals surface area contributed by atoms with Gasteiger partial charge >= 0.3 is 6.18 Å². The number of hydrogen-bond donors (Lipinski definition) is 2. The molecule has 206 valence electrons. The van der Waals surface area contributed by atoms with Gasteiger partial charge in [-0.25, -0.2) is 8.78 Å². The van der Waals surface area contributed by atoms with Crippen molar-refractivity contribution in [2.24, 2.45) is 5.41 Å². The van der Waals surface area contributed by atoms with Crippen LogP contribution in [0.5, 0.6) is 0 Å². The molecule has 3 aliphatic rings. The van der Waals surface area contributed by atoms with Crippen molar-refractivity contribution in [3.05, 3.63) is 65.4 Å². The minimum Gasteiger partial charge on any atom is -0.371 e. The highest BCUT2D eigenvalue weighted by molar-refractivity contribution is 5.84. The smallest absolute Gasteiger partial charge is 0.371 e. The average Bonchev–Trinajstić information content (AvgIpc) is 3.21. The van der Waals surface area contributed by atoms with Crippen molar-refractivity contribution in [1.29, 1.82) is 0 Å². The molecule has 1 unspecified atom stereocenters. The first-order valence-electron chi connectivity index (χ1n) is 13.4. The largest absolute Gasteiger partial charge is 0.401 e. The van der Waals surface area contributed by atoms with Crippen LogP contribution in [0, 0.1) is 17.0 Å². The number of alkyl halides is 3. The van der Waals surface area contributed by atoms with E-state index in [0.717, 1.165) is 61.7 Å². The van der Waals surface area contributed by atoms with Gasteiger partial charge in [-0.1, -0.05) is 18.2 Å². The molecule has 2 saturated heterocycles. The average molecular weight is 535 g/mol. The van der Waals surface area contributed by atoms with Crippen LogP contribution in [0.4, 0.5) is 27.6 Å². The third kappa shape index (κ3) is 6.15. The van der Waals surface area contributed by atoms with Crippen molar-refractivity contribution in [2.75, 3.05) is 37.6 Å². The molecule has 3 aromatic rings. The molecule has 3 aliphatic heterocycles. The summed E-state index contributed by atoms with van der Waals surface area (Å²) in [5.41, 5.74) is 4.24. The van der Waals surface area contributed by atoms with Crippen molar-refractivity contribution in [1.82, 2.24) is 15.2 Å². The van der Waals surface area contributed by atoms with Crippen LogP contribution in [0.1, 0.15) is 43.9 Å². The van der Waals surface area contributed by atoms with E-state index in [9.17, 15) is 22.0 Å². The molecule has 4 nitrogen and oxygen atoms in total. The van der Waals surface area contributed by atoms with Crippen molar-refractivity contribution in [3.63, 3.8) is 0 Å². The summed E-state index contributed by atoms with van der Waals surface area (Å²) in [6, 6.07) is 11.6. The molecule has 4 heterocycles. The summed E-state index contributed by atoms with van der Waals surface area (Å²) in [6.07, 6.45) is 1.25. The first kappa shape index (κ1) is 26.9. The zero-order chi connectivity index (χ0) is 26.9. The normalized spacial score (nSPS) is 21.7. The van der Waals surface area contributed by atoms with Crippen LogP contribution < -0.4 is 10.2 Å². The van der Waals surface area contributed by atoms with Gasteiger partial charge in [-0.2, -0.15) is 13.2 Å². The number of para-hydroxylation sites is 1. The Hall–Kier alpha value is -2.65. The summed E-state index contributed by atoms with van der Waals surface area (Å²) >= 11 is 0. The Morgan fingerprint density at radius 2 is 1.61 bits per heavy atom. The number of piperidine rings is 2. The number of aromatic amines is 1. The lowest BCUT2D eigenvalue weighted by molar-refractivity contribution is -0.152. The van der Waals surface area contributed by atoms with E-state index < -0.39 is 24.4 Å². The summed E-state index contributed by atoms with van der Waals surface area (Å²) in [5.74, 6) is -0.977. The monoisotopic (exact) mass is 534 g/mol. The van der Waals surface area contributed by atoms with Crippen molar-refractivity contribution in [3.8, 4) is 0 Å². The molecule has 2 fully saturated rings. The van der Waals surface area contributed by atoms with E-state index in [4.69, 9.17) is 0 Å². The maximum atomic E-state index is 13.3. The van der Waals surface area contributed by atoms with Gasteiger partial charge in [-0.05, 0) is 81.3 Å². The molecule has 0 radical (unpaired) electrons. The Balaban J connectivity index is 0.000000155. The van der Waals surface area contributed by atoms with E-state index in [2.05, 4.69) is 15.2 Å². The van der Waals surface area contributed by atoms with Crippen LogP contribution in [0.25, 0.3) is 10.9 Å². The lowest BCUT2D eigenvalue weighted by Crippen LogP contribution is -2.45. The zero-order valence-corrected chi connectivity index (χ0v) is 21.7. The van der Waals surface area contributed by atoms with E-state index in [0.29, 0.717) is 24.1 Å². The topological polar surface area (TPSA) is 34.3 Å². The number of nitrogens with zero attached hydrogens (tertiary/aromatic N) is 2. The van der Waals surface area contributed by atoms with E-state index in [1.165, 1.54) is 35.4 Å². The van der Waals surface area contributed by atoms with Gasteiger partial charge in [0.05, 0.1) is 6.54 Å². The molecule has 0 saturated carbocycles. The molecular formula is C29H35F5N4. The van der Waals surface area contributed by atoms with Crippen LogP contribution in [0.3, 0.4) is 0 Å². The second-order valence-electron chi connectivity index (χ2n) is 11.1. The zero-order valence-electron chi connectivity index (χ0n) is 21.7. The molecule has 9 heteroatoms. The lowest BCUT2D eigenvalue weighted by atomic mass is 9.71. The quantitative estimate of drug-likeness (QED) is 0.373. The van der Waals surface area contributed by atoms with Crippen LogP contribution in [-0.2, 0) is 13.0 Å². The maximum absolute atomic E-state index is 13.3. The Bertz CT molecular complexity index is 1220. The number of anilines is 1. The predicted octanol–water partition coefficient (Wildman–Crippen LogP) is 6.41. The highest BCUT2D eigenvalue weighted by Crippen LogP contribution is 2.40. The predicted molar refractivity (Wildman–Crippen MR) is 140 cm³/mol. The molecule has 1 aromatic heterocycles. The first-order valence-corrected chi connectivity index (χ1v) is 13.4. The fourth-order valence-electron chi connectivity index (χ4n) is 6.27. The lowest BCUT2D eigenvalue weighted by Gasteiger charge is -2.45.